The molecular formula is C15H13NO3S2. The highest BCUT2D eigenvalue weighted by atomic mass is 32.1. The lowest BCUT2D eigenvalue weighted by Crippen LogP contribution is -2.41. The van der Waals surface area contributed by atoms with Gasteiger partial charge in [0, 0.05) is 16.5 Å². The number of rotatable bonds is 5. The lowest BCUT2D eigenvalue weighted by molar-refractivity contribution is 0.0529. The molecule has 4 nitrogen and oxygen atoms in total. The molecule has 0 aliphatic carbocycles. The minimum Gasteiger partial charge on any atom is -0.466 e. The van der Waals surface area contributed by atoms with E-state index in [1.54, 1.807) is 23.6 Å². The van der Waals surface area contributed by atoms with Crippen molar-refractivity contribution in [3.8, 4) is 0 Å². The summed E-state index contributed by atoms with van der Waals surface area (Å²) >= 11 is 2.94. The summed E-state index contributed by atoms with van der Waals surface area (Å²) in [6.45, 7) is 0.0475. The molecule has 3 aromatic rings. The molecule has 2 N–H and O–H groups in total. The summed E-state index contributed by atoms with van der Waals surface area (Å²) in [4.78, 5) is 12.0. The van der Waals surface area contributed by atoms with E-state index in [2.05, 4.69) is 5.32 Å². The fraction of sp³-hybridized carbons (Fsp3) is 0.133. The first-order chi connectivity index (χ1) is 10.2. The van der Waals surface area contributed by atoms with Crippen LogP contribution >= 0.6 is 22.7 Å². The Morgan fingerprint density at radius 3 is 2.67 bits per heavy atom. The van der Waals surface area contributed by atoms with Gasteiger partial charge in [0.2, 0.25) is 0 Å². The van der Waals surface area contributed by atoms with Gasteiger partial charge in [-0.2, -0.15) is 22.7 Å². The molecule has 0 saturated heterocycles. The Kier molecular flexibility index (Phi) is 3.92. The van der Waals surface area contributed by atoms with Crippen molar-refractivity contribution in [2.24, 2.45) is 0 Å². The minimum absolute atomic E-state index is 0.0475. The van der Waals surface area contributed by atoms with Gasteiger partial charge in [0.15, 0.2) is 5.60 Å². The summed E-state index contributed by atoms with van der Waals surface area (Å²) in [5.41, 5.74) is -0.0741. The summed E-state index contributed by atoms with van der Waals surface area (Å²) < 4.78 is 5.35. The highest BCUT2D eigenvalue weighted by molar-refractivity contribution is 7.08. The van der Waals surface area contributed by atoms with Gasteiger partial charge in [0.05, 0.1) is 12.8 Å². The average molecular weight is 319 g/mol. The van der Waals surface area contributed by atoms with Gasteiger partial charge in [-0.15, -0.1) is 0 Å². The molecule has 0 spiro atoms. The number of carbonyl (C=O) groups is 1. The molecule has 0 bridgehead atoms. The van der Waals surface area contributed by atoms with Crippen molar-refractivity contribution in [2.75, 3.05) is 6.54 Å². The Morgan fingerprint density at radius 2 is 2.05 bits per heavy atom. The Hall–Kier alpha value is -1.89. The number of amides is 1. The third-order valence-corrected chi connectivity index (χ3v) is 4.58. The molecule has 1 amide bonds. The first kappa shape index (κ1) is 14.1. The molecule has 1 atom stereocenters. The first-order valence-corrected chi connectivity index (χ1v) is 8.18. The SMILES string of the molecule is O=C(NCC(O)(c1ccsc1)c1ccco1)c1ccsc1. The highest BCUT2D eigenvalue weighted by Gasteiger charge is 2.35. The molecule has 3 heterocycles. The fourth-order valence-corrected chi connectivity index (χ4v) is 3.41. The van der Waals surface area contributed by atoms with Crippen LogP contribution in [0.5, 0.6) is 0 Å². The zero-order valence-corrected chi connectivity index (χ0v) is 12.6. The Bertz CT molecular complexity index is 653. The average Bonchev–Trinajstić information content (AvgIpc) is 3.27. The van der Waals surface area contributed by atoms with Gasteiger partial charge in [0.25, 0.3) is 5.91 Å². The zero-order chi connectivity index (χ0) is 14.7. The van der Waals surface area contributed by atoms with E-state index in [0.29, 0.717) is 16.9 Å². The summed E-state index contributed by atoms with van der Waals surface area (Å²) in [6, 6.07) is 6.99. The van der Waals surface area contributed by atoms with Crippen LogP contribution in [-0.4, -0.2) is 17.6 Å². The van der Waals surface area contributed by atoms with Crippen molar-refractivity contribution in [1.29, 1.82) is 0 Å². The largest absolute Gasteiger partial charge is 0.466 e. The van der Waals surface area contributed by atoms with E-state index in [1.807, 2.05) is 22.2 Å². The second-order valence-electron chi connectivity index (χ2n) is 4.54. The zero-order valence-electron chi connectivity index (χ0n) is 11.0. The van der Waals surface area contributed by atoms with Crippen molar-refractivity contribution >= 4 is 28.6 Å². The molecule has 0 radical (unpaired) electrons. The van der Waals surface area contributed by atoms with Crippen LogP contribution in [0.3, 0.4) is 0 Å². The predicted octanol–water partition coefficient (Wildman–Crippen LogP) is 3.07. The maximum absolute atomic E-state index is 12.0. The number of nitrogens with one attached hydrogen (secondary N) is 1. The monoisotopic (exact) mass is 319 g/mol. The van der Waals surface area contributed by atoms with Gasteiger partial charge in [0.1, 0.15) is 5.76 Å². The number of hydrogen-bond acceptors (Lipinski definition) is 5. The molecule has 3 aromatic heterocycles. The van der Waals surface area contributed by atoms with Crippen LogP contribution in [0.4, 0.5) is 0 Å². The maximum atomic E-state index is 12.0. The van der Waals surface area contributed by atoms with Gasteiger partial charge in [-0.05, 0) is 40.4 Å². The Morgan fingerprint density at radius 1 is 1.24 bits per heavy atom. The van der Waals surface area contributed by atoms with Crippen LogP contribution in [0, 0.1) is 0 Å². The maximum Gasteiger partial charge on any atom is 0.252 e. The predicted molar refractivity (Wildman–Crippen MR) is 82.7 cm³/mol. The van der Waals surface area contributed by atoms with Crippen LogP contribution in [-0.2, 0) is 5.60 Å². The molecule has 0 aliphatic heterocycles. The molecule has 21 heavy (non-hydrogen) atoms. The van der Waals surface area contributed by atoms with Crippen molar-refractivity contribution in [3.63, 3.8) is 0 Å². The van der Waals surface area contributed by atoms with E-state index >= 15 is 0 Å². The lowest BCUT2D eigenvalue weighted by atomic mass is 9.93. The van der Waals surface area contributed by atoms with Crippen LogP contribution in [0.1, 0.15) is 21.7 Å². The van der Waals surface area contributed by atoms with Gasteiger partial charge in [-0.3, -0.25) is 4.79 Å². The summed E-state index contributed by atoms with van der Waals surface area (Å²) in [7, 11) is 0. The van der Waals surface area contributed by atoms with E-state index in [-0.39, 0.29) is 12.5 Å². The lowest BCUT2D eigenvalue weighted by Gasteiger charge is -2.25. The Balaban J connectivity index is 1.83. The second kappa shape index (κ2) is 5.85. The fourth-order valence-electron chi connectivity index (χ4n) is 2.05. The third-order valence-electron chi connectivity index (χ3n) is 3.22. The van der Waals surface area contributed by atoms with Gasteiger partial charge in [-0.25, -0.2) is 0 Å². The van der Waals surface area contributed by atoms with E-state index < -0.39 is 5.60 Å². The van der Waals surface area contributed by atoms with E-state index in [1.165, 1.54) is 28.9 Å². The number of thiophene rings is 2. The van der Waals surface area contributed by atoms with Crippen molar-refractivity contribution in [1.82, 2.24) is 5.32 Å². The molecule has 108 valence electrons. The topological polar surface area (TPSA) is 62.5 Å². The normalized spacial score (nSPS) is 13.8. The van der Waals surface area contributed by atoms with Crippen LogP contribution < -0.4 is 5.32 Å². The van der Waals surface area contributed by atoms with Gasteiger partial charge in [-0.1, -0.05) is 0 Å². The highest BCUT2D eigenvalue weighted by Crippen LogP contribution is 2.31. The van der Waals surface area contributed by atoms with E-state index in [0.717, 1.165) is 0 Å². The van der Waals surface area contributed by atoms with E-state index in [4.69, 9.17) is 4.42 Å². The Labute approximate surface area is 129 Å². The molecule has 6 heteroatoms. The van der Waals surface area contributed by atoms with Crippen LogP contribution in [0.25, 0.3) is 0 Å². The molecule has 1 unspecified atom stereocenters. The standard InChI is InChI=1S/C15H13NO3S2/c17-14(11-3-6-20-8-11)16-10-15(18,12-4-7-21-9-12)13-2-1-5-19-13/h1-9,18H,10H2,(H,16,17). The molecule has 0 aromatic carbocycles. The second-order valence-corrected chi connectivity index (χ2v) is 6.10. The smallest absolute Gasteiger partial charge is 0.252 e. The summed E-state index contributed by atoms with van der Waals surface area (Å²) in [5, 5.41) is 21.1. The first-order valence-electron chi connectivity index (χ1n) is 6.29. The molecule has 0 fully saturated rings. The molecule has 3 rings (SSSR count). The third kappa shape index (κ3) is 2.78. The quantitative estimate of drug-likeness (QED) is 0.760. The number of hydrogen-bond donors (Lipinski definition) is 2. The van der Waals surface area contributed by atoms with Crippen LogP contribution in [0.15, 0.2) is 56.5 Å². The van der Waals surface area contributed by atoms with Crippen molar-refractivity contribution in [3.05, 3.63) is 68.9 Å². The number of carbonyl (C=O) groups excluding carboxylic acids is 1. The summed E-state index contributed by atoms with van der Waals surface area (Å²) in [5.74, 6) is 0.197. The molecule has 0 saturated carbocycles. The van der Waals surface area contributed by atoms with Crippen LogP contribution in [0.2, 0.25) is 0 Å². The van der Waals surface area contributed by atoms with E-state index in [9.17, 15) is 9.90 Å². The van der Waals surface area contributed by atoms with Gasteiger partial charge < -0.3 is 14.8 Å². The van der Waals surface area contributed by atoms with Crippen molar-refractivity contribution < 1.29 is 14.3 Å². The number of furan rings is 1. The summed E-state index contributed by atoms with van der Waals surface area (Å²) in [6.07, 6.45) is 1.51. The molecule has 0 aliphatic rings. The molecular weight excluding hydrogens is 306 g/mol. The van der Waals surface area contributed by atoms with Crippen molar-refractivity contribution in [2.45, 2.75) is 5.60 Å². The van der Waals surface area contributed by atoms with Gasteiger partial charge >= 0.3 is 0 Å². The number of aliphatic hydroxyl groups is 1. The minimum atomic E-state index is -1.37.